The summed E-state index contributed by atoms with van der Waals surface area (Å²) in [6.45, 7) is 5.55. The predicted octanol–water partition coefficient (Wildman–Crippen LogP) is 1.47. The van der Waals surface area contributed by atoms with Crippen LogP contribution in [0.25, 0.3) is 17.3 Å². The van der Waals surface area contributed by atoms with Crippen LogP contribution in [-0.2, 0) is 0 Å². The number of aliphatic imine (C=N–C) groups is 1. The Kier molecular flexibility index (Phi) is 3.75. The Morgan fingerprint density at radius 1 is 1.32 bits per heavy atom. The topological polar surface area (TPSA) is 58.4 Å². The number of hydrogen-bond donors (Lipinski definition) is 1. The fourth-order valence-corrected chi connectivity index (χ4v) is 1.76. The lowest BCUT2D eigenvalue weighted by Gasteiger charge is -2.08. The second-order valence-electron chi connectivity index (χ2n) is 4.08. The van der Waals surface area contributed by atoms with Crippen LogP contribution in [0, 0.1) is 0 Å². The normalized spacial score (nSPS) is 10.8. The maximum Gasteiger partial charge on any atom is 0.166 e. The molecular formula is C14H14BN3O. The highest BCUT2D eigenvalue weighted by Crippen LogP contribution is 2.34. The summed E-state index contributed by atoms with van der Waals surface area (Å²) in [4.78, 5) is 4.27. The first kappa shape index (κ1) is 13.0. The van der Waals surface area contributed by atoms with Gasteiger partial charge in [0.15, 0.2) is 7.85 Å². The number of aromatic nitrogens is 2. The van der Waals surface area contributed by atoms with Crippen LogP contribution in [0.1, 0.15) is 12.5 Å². The molecule has 0 aliphatic rings. The Labute approximate surface area is 113 Å². The number of nitrogens with zero attached hydrogens (tertiary/aromatic N) is 3. The van der Waals surface area contributed by atoms with Crippen molar-refractivity contribution in [3.8, 4) is 17.0 Å². The SMILES string of the molecule is Bc1ccc(-c2cc(/N=C\C)c(C=C)cc2O)nn1. The van der Waals surface area contributed by atoms with E-state index in [1.165, 1.54) is 0 Å². The summed E-state index contributed by atoms with van der Waals surface area (Å²) >= 11 is 0. The van der Waals surface area contributed by atoms with Crippen LogP contribution in [0.15, 0.2) is 35.8 Å². The van der Waals surface area contributed by atoms with Gasteiger partial charge in [0, 0.05) is 22.9 Å². The molecule has 0 saturated carbocycles. The van der Waals surface area contributed by atoms with Gasteiger partial charge in [0.25, 0.3) is 0 Å². The maximum atomic E-state index is 10.1. The molecule has 1 N–H and O–H groups in total. The molecule has 0 saturated heterocycles. The van der Waals surface area contributed by atoms with Crippen LogP contribution in [0.5, 0.6) is 5.75 Å². The Balaban J connectivity index is 2.60. The van der Waals surface area contributed by atoms with Crippen LogP contribution in [0.3, 0.4) is 0 Å². The summed E-state index contributed by atoms with van der Waals surface area (Å²) in [6.07, 6.45) is 3.36. The van der Waals surface area contributed by atoms with Crippen molar-refractivity contribution in [2.45, 2.75) is 6.92 Å². The van der Waals surface area contributed by atoms with Crippen LogP contribution in [-0.4, -0.2) is 29.4 Å². The van der Waals surface area contributed by atoms with Gasteiger partial charge < -0.3 is 5.11 Å². The lowest BCUT2D eigenvalue weighted by Crippen LogP contribution is -2.09. The minimum Gasteiger partial charge on any atom is -0.507 e. The summed E-state index contributed by atoms with van der Waals surface area (Å²) in [5, 5.41) is 18.1. The average molecular weight is 251 g/mol. The molecule has 2 rings (SSSR count). The standard InChI is InChI=1S/C14H14BN3O/c1-3-9-7-13(19)10(8-12(9)16-4-2)11-5-6-14(15)18-17-11/h3-8,19H,1,15H2,2H3/b16-4-. The molecule has 19 heavy (non-hydrogen) atoms. The van der Waals surface area contributed by atoms with E-state index >= 15 is 0 Å². The van der Waals surface area contributed by atoms with E-state index in [2.05, 4.69) is 21.8 Å². The van der Waals surface area contributed by atoms with Crippen LogP contribution < -0.4 is 5.59 Å². The minimum absolute atomic E-state index is 0.142. The molecule has 1 aromatic carbocycles. The first-order valence-electron chi connectivity index (χ1n) is 5.94. The zero-order chi connectivity index (χ0) is 13.8. The van der Waals surface area contributed by atoms with E-state index in [4.69, 9.17) is 0 Å². The second-order valence-corrected chi connectivity index (χ2v) is 4.08. The molecule has 0 unspecified atom stereocenters. The van der Waals surface area contributed by atoms with Crippen molar-refractivity contribution >= 4 is 31.4 Å². The van der Waals surface area contributed by atoms with Gasteiger partial charge in [-0.05, 0) is 31.2 Å². The fourth-order valence-electron chi connectivity index (χ4n) is 1.76. The highest BCUT2D eigenvalue weighted by atomic mass is 16.3. The molecule has 0 radical (unpaired) electrons. The summed E-state index contributed by atoms with van der Waals surface area (Å²) in [5.41, 5.74) is 3.58. The first-order chi connectivity index (χ1) is 9.15. The Morgan fingerprint density at radius 2 is 2.11 bits per heavy atom. The van der Waals surface area contributed by atoms with E-state index in [9.17, 15) is 5.11 Å². The largest absolute Gasteiger partial charge is 0.507 e. The molecule has 4 nitrogen and oxygen atoms in total. The number of aromatic hydroxyl groups is 1. The van der Waals surface area contributed by atoms with Crippen molar-refractivity contribution < 1.29 is 5.11 Å². The van der Waals surface area contributed by atoms with Gasteiger partial charge in [0.2, 0.25) is 0 Å². The molecule has 5 heteroatoms. The minimum atomic E-state index is 0.142. The molecule has 94 valence electrons. The first-order valence-corrected chi connectivity index (χ1v) is 5.94. The summed E-state index contributed by atoms with van der Waals surface area (Å²) in [5.74, 6) is 0.142. The molecule has 0 atom stereocenters. The van der Waals surface area contributed by atoms with Crippen molar-refractivity contribution in [3.05, 3.63) is 36.4 Å². The Hall–Kier alpha value is -2.43. The van der Waals surface area contributed by atoms with Crippen LogP contribution >= 0.6 is 0 Å². The van der Waals surface area contributed by atoms with Gasteiger partial charge >= 0.3 is 0 Å². The van der Waals surface area contributed by atoms with Crippen molar-refractivity contribution in [3.63, 3.8) is 0 Å². The van der Waals surface area contributed by atoms with Crippen molar-refractivity contribution in [1.29, 1.82) is 0 Å². The summed E-state index contributed by atoms with van der Waals surface area (Å²) in [6, 6.07) is 7.09. The Bertz CT molecular complexity index is 636. The van der Waals surface area contributed by atoms with Gasteiger partial charge in [0.05, 0.1) is 11.4 Å². The predicted molar refractivity (Wildman–Crippen MR) is 81.2 cm³/mol. The molecule has 0 aliphatic carbocycles. The number of benzene rings is 1. The molecule has 0 aliphatic heterocycles. The zero-order valence-corrected chi connectivity index (χ0v) is 11.0. The van der Waals surface area contributed by atoms with E-state index < -0.39 is 0 Å². The third-order valence-corrected chi connectivity index (χ3v) is 2.71. The van der Waals surface area contributed by atoms with E-state index in [0.717, 1.165) is 16.8 Å². The number of phenols is 1. The average Bonchev–Trinajstić information content (AvgIpc) is 2.41. The zero-order valence-electron chi connectivity index (χ0n) is 11.0. The van der Waals surface area contributed by atoms with E-state index in [1.807, 2.05) is 26.9 Å². The van der Waals surface area contributed by atoms with Crippen molar-refractivity contribution in [1.82, 2.24) is 10.2 Å². The van der Waals surface area contributed by atoms with Gasteiger partial charge in [-0.25, -0.2) is 0 Å². The molecule has 1 aromatic heterocycles. The highest BCUT2D eigenvalue weighted by Gasteiger charge is 2.10. The smallest absolute Gasteiger partial charge is 0.166 e. The fraction of sp³-hybridized carbons (Fsp3) is 0.0714. The number of phenolic OH excluding ortho intramolecular Hbond substituents is 1. The van der Waals surface area contributed by atoms with Crippen LogP contribution in [0.2, 0.25) is 0 Å². The third kappa shape index (κ3) is 2.70. The molecule has 0 amide bonds. The third-order valence-electron chi connectivity index (χ3n) is 2.71. The van der Waals surface area contributed by atoms with Gasteiger partial charge in [-0.15, -0.1) is 0 Å². The molecule has 2 aromatic rings. The number of hydrogen-bond acceptors (Lipinski definition) is 4. The molecule has 1 heterocycles. The van der Waals surface area contributed by atoms with E-state index in [-0.39, 0.29) is 5.75 Å². The molecule has 0 spiro atoms. The van der Waals surface area contributed by atoms with E-state index in [0.29, 0.717) is 11.3 Å². The van der Waals surface area contributed by atoms with Crippen molar-refractivity contribution in [2.75, 3.05) is 0 Å². The van der Waals surface area contributed by atoms with Crippen molar-refractivity contribution in [2.24, 2.45) is 4.99 Å². The monoisotopic (exact) mass is 251 g/mol. The van der Waals surface area contributed by atoms with E-state index in [1.54, 1.807) is 24.4 Å². The molecule has 0 fully saturated rings. The Morgan fingerprint density at radius 3 is 2.68 bits per heavy atom. The summed E-state index contributed by atoms with van der Waals surface area (Å²) < 4.78 is 0. The van der Waals surface area contributed by atoms with Gasteiger partial charge in [0.1, 0.15) is 5.75 Å². The molecule has 0 bridgehead atoms. The lowest BCUT2D eigenvalue weighted by molar-refractivity contribution is 0.477. The number of rotatable bonds is 3. The maximum absolute atomic E-state index is 10.1. The summed E-state index contributed by atoms with van der Waals surface area (Å²) in [7, 11) is 1.87. The molecular weight excluding hydrogens is 237 g/mol. The second kappa shape index (κ2) is 5.48. The van der Waals surface area contributed by atoms with Gasteiger partial charge in [-0.1, -0.05) is 12.7 Å². The quantitative estimate of drug-likeness (QED) is 0.663. The van der Waals surface area contributed by atoms with Gasteiger partial charge in [-0.2, -0.15) is 10.2 Å². The van der Waals surface area contributed by atoms with Crippen LogP contribution in [0.4, 0.5) is 5.69 Å². The highest BCUT2D eigenvalue weighted by molar-refractivity contribution is 6.30. The lowest BCUT2D eigenvalue weighted by atomic mass is 10.0. The van der Waals surface area contributed by atoms with Gasteiger partial charge in [-0.3, -0.25) is 4.99 Å².